The fourth-order valence-corrected chi connectivity index (χ4v) is 15.4. The first-order valence-electron chi connectivity index (χ1n) is 29.7. The third kappa shape index (κ3) is 8.01. The van der Waals surface area contributed by atoms with E-state index in [1.54, 1.807) is 0 Å². The molecular formula is C82H56N2OS. The third-order valence-electron chi connectivity index (χ3n) is 18.3. The summed E-state index contributed by atoms with van der Waals surface area (Å²) in [6, 6.07) is 110. The Hall–Kier alpha value is -10.5. The van der Waals surface area contributed by atoms with Crippen LogP contribution in [-0.2, 0) is 5.41 Å². The van der Waals surface area contributed by atoms with Gasteiger partial charge >= 0.3 is 0 Å². The van der Waals surface area contributed by atoms with E-state index in [9.17, 15) is 0 Å². The minimum Gasteiger partial charge on any atom is -0.456 e. The summed E-state index contributed by atoms with van der Waals surface area (Å²) < 4.78 is 11.6. The number of benzene rings is 13. The second-order valence-electron chi connectivity index (χ2n) is 23.5. The normalized spacial score (nSPS) is 13.0. The summed E-state index contributed by atoms with van der Waals surface area (Å²) in [7, 11) is 0. The number of fused-ring (bicyclic) bond motifs is 13. The van der Waals surface area contributed by atoms with Crippen LogP contribution in [0.4, 0.5) is 17.1 Å². The van der Waals surface area contributed by atoms with Crippen molar-refractivity contribution in [2.24, 2.45) is 0 Å². The van der Waals surface area contributed by atoms with Crippen LogP contribution in [0.15, 0.2) is 302 Å². The van der Waals surface area contributed by atoms with Gasteiger partial charge in [-0.1, -0.05) is 226 Å². The van der Waals surface area contributed by atoms with Crippen LogP contribution in [0.3, 0.4) is 0 Å². The number of furan rings is 1. The van der Waals surface area contributed by atoms with Gasteiger partial charge in [-0.05, 0) is 146 Å². The molecule has 1 atom stereocenters. The summed E-state index contributed by atoms with van der Waals surface area (Å²) in [5.74, 6) is -0.155. The molecular weight excluding hydrogens is 1060 g/mol. The lowest BCUT2D eigenvalue weighted by atomic mass is 9.78. The van der Waals surface area contributed by atoms with Crippen molar-refractivity contribution in [1.29, 1.82) is 0 Å². The summed E-state index contributed by atoms with van der Waals surface area (Å²) in [6.07, 6.45) is 0. The van der Waals surface area contributed by atoms with Gasteiger partial charge in [-0.2, -0.15) is 0 Å². The molecule has 406 valence electrons. The number of anilines is 3. The van der Waals surface area contributed by atoms with Gasteiger partial charge in [0, 0.05) is 87.4 Å². The Morgan fingerprint density at radius 3 is 1.73 bits per heavy atom. The predicted molar refractivity (Wildman–Crippen MR) is 363 cm³/mol. The van der Waals surface area contributed by atoms with Gasteiger partial charge in [-0.15, -0.1) is 11.3 Å². The Morgan fingerprint density at radius 1 is 0.372 bits per heavy atom. The second kappa shape index (κ2) is 19.8. The minimum atomic E-state index is -0.189. The summed E-state index contributed by atoms with van der Waals surface area (Å²) in [5, 5.41) is 7.13. The number of aromatic nitrogens is 1. The molecule has 0 bridgehead atoms. The van der Waals surface area contributed by atoms with E-state index in [2.05, 4.69) is 315 Å². The van der Waals surface area contributed by atoms with E-state index in [4.69, 9.17) is 4.42 Å². The van der Waals surface area contributed by atoms with Gasteiger partial charge in [0.2, 0.25) is 0 Å². The molecule has 0 aliphatic heterocycles. The van der Waals surface area contributed by atoms with Crippen molar-refractivity contribution in [3.8, 4) is 50.2 Å². The summed E-state index contributed by atoms with van der Waals surface area (Å²) >= 11 is 1.89. The van der Waals surface area contributed by atoms with Crippen LogP contribution in [-0.4, -0.2) is 4.57 Å². The second-order valence-corrected chi connectivity index (χ2v) is 24.6. The summed E-state index contributed by atoms with van der Waals surface area (Å²) in [6.45, 7) is 4.79. The molecule has 0 amide bonds. The molecule has 0 N–H and O–H groups in total. The lowest BCUT2D eigenvalue weighted by Gasteiger charge is -2.29. The zero-order chi connectivity index (χ0) is 57.0. The standard InChI is InChI=1S/C82H56N2OS/c1-82(2)72-30-16-12-26-64(72)65-44-40-57(49-73(65)82)78(56-36-34-54(35-37-56)52-20-6-3-7-21-52)59-46-58(47-63(48-59)83(60-24-10-5-11-25-60)61-41-38-55(39-42-61)53-22-8-4-9-23-53)70-51-71-66-27-13-17-31-74(66)84(80(71)79-69-29-15-19-33-77(69)86-81(70)79)62-43-45-68-67-28-14-18-32-75(67)85-76(68)50-62/h3-51,78H,1-2H3. The number of hydrogen-bond donors (Lipinski definition) is 0. The molecule has 3 aromatic heterocycles. The largest absolute Gasteiger partial charge is 0.456 e. The summed E-state index contributed by atoms with van der Waals surface area (Å²) in [4.78, 5) is 2.46. The van der Waals surface area contributed by atoms with Gasteiger partial charge in [-0.25, -0.2) is 0 Å². The van der Waals surface area contributed by atoms with Crippen LogP contribution < -0.4 is 4.90 Å². The third-order valence-corrected chi connectivity index (χ3v) is 19.5. The molecule has 1 aliphatic carbocycles. The fraction of sp³-hybridized carbons (Fsp3) is 0.0488. The average molecular weight is 1120 g/mol. The molecule has 4 heteroatoms. The molecule has 0 saturated heterocycles. The van der Waals surface area contributed by atoms with Crippen molar-refractivity contribution in [3.05, 3.63) is 325 Å². The first kappa shape index (κ1) is 50.0. The van der Waals surface area contributed by atoms with Crippen molar-refractivity contribution < 1.29 is 4.42 Å². The molecule has 1 unspecified atom stereocenters. The maximum Gasteiger partial charge on any atom is 0.137 e. The first-order valence-corrected chi connectivity index (χ1v) is 30.6. The van der Waals surface area contributed by atoms with Crippen LogP contribution in [0.5, 0.6) is 0 Å². The lowest BCUT2D eigenvalue weighted by Crippen LogP contribution is -2.16. The molecule has 0 saturated carbocycles. The van der Waals surface area contributed by atoms with E-state index in [0.29, 0.717) is 0 Å². The molecule has 1 aliphatic rings. The zero-order valence-corrected chi connectivity index (χ0v) is 48.4. The van der Waals surface area contributed by atoms with E-state index in [1.165, 1.54) is 103 Å². The van der Waals surface area contributed by atoms with Crippen molar-refractivity contribution in [2.45, 2.75) is 25.2 Å². The number of rotatable bonds is 10. The van der Waals surface area contributed by atoms with Crippen LogP contribution in [0, 0.1) is 0 Å². The monoisotopic (exact) mass is 1120 g/mol. The highest BCUT2D eigenvalue weighted by Crippen LogP contribution is 2.53. The minimum absolute atomic E-state index is 0.155. The molecule has 0 spiro atoms. The summed E-state index contributed by atoms with van der Waals surface area (Å²) in [5.41, 5.74) is 24.4. The zero-order valence-electron chi connectivity index (χ0n) is 47.6. The van der Waals surface area contributed by atoms with Gasteiger partial charge in [0.25, 0.3) is 0 Å². The van der Waals surface area contributed by atoms with Crippen molar-refractivity contribution in [1.82, 2.24) is 4.57 Å². The Labute approximate surface area is 503 Å². The van der Waals surface area contributed by atoms with E-state index >= 15 is 0 Å². The Bertz CT molecular complexity index is 5300. The molecule has 86 heavy (non-hydrogen) atoms. The topological polar surface area (TPSA) is 21.3 Å². The van der Waals surface area contributed by atoms with E-state index < -0.39 is 0 Å². The van der Waals surface area contributed by atoms with Crippen LogP contribution in [0.2, 0.25) is 0 Å². The van der Waals surface area contributed by atoms with Gasteiger partial charge in [0.05, 0.1) is 11.0 Å². The van der Waals surface area contributed by atoms with E-state index in [0.717, 1.165) is 55.8 Å². The number of thiophene rings is 1. The molecule has 16 aromatic rings. The Morgan fingerprint density at radius 2 is 0.965 bits per heavy atom. The van der Waals surface area contributed by atoms with Crippen LogP contribution in [0.1, 0.15) is 47.6 Å². The first-order chi connectivity index (χ1) is 42.4. The molecule has 3 heterocycles. The van der Waals surface area contributed by atoms with E-state index in [1.807, 2.05) is 17.4 Å². The fourth-order valence-electron chi connectivity index (χ4n) is 14.2. The molecule has 13 aromatic carbocycles. The Balaban J connectivity index is 0.952. The lowest BCUT2D eigenvalue weighted by molar-refractivity contribution is 0.659. The van der Waals surface area contributed by atoms with Crippen LogP contribution in [0.25, 0.3) is 114 Å². The Kier molecular flexibility index (Phi) is 11.5. The van der Waals surface area contributed by atoms with Crippen molar-refractivity contribution >= 4 is 92.3 Å². The maximum absolute atomic E-state index is 6.61. The van der Waals surface area contributed by atoms with Gasteiger partial charge < -0.3 is 13.9 Å². The quantitative estimate of drug-likeness (QED) is 0.127. The van der Waals surface area contributed by atoms with Crippen molar-refractivity contribution in [3.63, 3.8) is 0 Å². The van der Waals surface area contributed by atoms with Gasteiger partial charge in [-0.3, -0.25) is 0 Å². The average Bonchev–Trinajstić information content (AvgIpc) is 1.79. The number of para-hydroxylation sites is 3. The number of hydrogen-bond acceptors (Lipinski definition) is 3. The predicted octanol–water partition coefficient (Wildman–Crippen LogP) is 23.0. The smallest absolute Gasteiger partial charge is 0.137 e. The maximum atomic E-state index is 6.61. The highest BCUT2D eigenvalue weighted by Gasteiger charge is 2.36. The van der Waals surface area contributed by atoms with Crippen molar-refractivity contribution in [2.75, 3.05) is 4.90 Å². The molecule has 3 nitrogen and oxygen atoms in total. The van der Waals surface area contributed by atoms with Gasteiger partial charge in [0.15, 0.2) is 0 Å². The van der Waals surface area contributed by atoms with E-state index in [-0.39, 0.29) is 11.3 Å². The highest BCUT2D eigenvalue weighted by molar-refractivity contribution is 7.26. The molecule has 0 fully saturated rings. The highest BCUT2D eigenvalue weighted by atomic mass is 32.1. The van der Waals surface area contributed by atoms with Crippen LogP contribution >= 0.6 is 11.3 Å². The molecule has 0 radical (unpaired) electrons. The molecule has 17 rings (SSSR count). The number of nitrogens with zero attached hydrogens (tertiary/aromatic N) is 2. The van der Waals surface area contributed by atoms with Gasteiger partial charge in [0.1, 0.15) is 11.2 Å². The SMILES string of the molecule is CC1(C)c2ccccc2-c2ccc(C(c3ccc(-c4ccccc4)cc3)c3cc(-c4cc5c6ccccc6n(-c6ccc7c(c6)oc6ccccc67)c5c5c4sc4ccccc45)cc(N(c4ccccc4)c4ccc(-c5ccccc5)cc4)c3)cc21.